The lowest BCUT2D eigenvalue weighted by molar-refractivity contribution is 0.475. The van der Waals surface area contributed by atoms with Gasteiger partial charge in [-0.3, -0.25) is 4.79 Å². The van der Waals surface area contributed by atoms with E-state index >= 15 is 0 Å². The molecule has 3 rings (SSSR count). The Hall–Kier alpha value is -1.68. The lowest BCUT2D eigenvalue weighted by Crippen LogP contribution is -2.24. The average molecular weight is 218 g/mol. The van der Waals surface area contributed by atoms with Crippen molar-refractivity contribution in [1.82, 2.24) is 4.57 Å². The van der Waals surface area contributed by atoms with Crippen molar-refractivity contribution in [3.8, 4) is 0 Å². The zero-order valence-electron chi connectivity index (χ0n) is 8.77. The van der Waals surface area contributed by atoms with Crippen LogP contribution in [-0.2, 0) is 0 Å². The molecule has 4 heteroatoms. The zero-order chi connectivity index (χ0) is 11.4. The summed E-state index contributed by atoms with van der Waals surface area (Å²) in [5.74, 6) is -0.330. The Kier molecular flexibility index (Phi) is 1.74. The smallest absolute Gasteiger partial charge is 0.251 e. The van der Waals surface area contributed by atoms with Crippen LogP contribution in [0.25, 0.3) is 10.9 Å². The highest BCUT2D eigenvalue weighted by atomic mass is 19.1. The molecular formula is C12H11FN2O. The molecule has 0 spiro atoms. The second-order valence-corrected chi connectivity index (χ2v) is 4.21. The topological polar surface area (TPSA) is 48.0 Å². The zero-order valence-corrected chi connectivity index (χ0v) is 8.77. The highest BCUT2D eigenvalue weighted by Crippen LogP contribution is 2.38. The number of hydrogen-bond donors (Lipinski definition) is 1. The number of hydrogen-bond acceptors (Lipinski definition) is 2. The Balaban J connectivity index is 2.59. The van der Waals surface area contributed by atoms with Crippen LogP contribution in [-0.4, -0.2) is 4.57 Å². The Bertz CT molecular complexity index is 647. The second-order valence-electron chi connectivity index (χ2n) is 4.21. The fraction of sp³-hybridized carbons (Fsp3) is 0.250. The molecule has 1 aromatic heterocycles. The Morgan fingerprint density at radius 2 is 2.00 bits per heavy atom. The predicted molar refractivity (Wildman–Crippen MR) is 59.8 cm³/mol. The number of aromatic nitrogens is 1. The minimum Gasteiger partial charge on any atom is -0.322 e. The quantitative estimate of drug-likeness (QED) is 0.731. The first-order valence-corrected chi connectivity index (χ1v) is 5.20. The third kappa shape index (κ3) is 0.971. The molecule has 0 saturated carbocycles. The third-order valence-electron chi connectivity index (χ3n) is 3.34. The van der Waals surface area contributed by atoms with Gasteiger partial charge >= 0.3 is 0 Å². The first-order valence-electron chi connectivity index (χ1n) is 5.20. The van der Waals surface area contributed by atoms with Crippen molar-refractivity contribution in [3.63, 3.8) is 0 Å². The fourth-order valence-electron chi connectivity index (χ4n) is 2.48. The van der Waals surface area contributed by atoms with E-state index in [0.717, 1.165) is 5.39 Å². The molecule has 2 heterocycles. The van der Waals surface area contributed by atoms with Crippen LogP contribution < -0.4 is 11.3 Å². The second kappa shape index (κ2) is 2.92. The molecular weight excluding hydrogens is 207 g/mol. The highest BCUT2D eigenvalue weighted by Gasteiger charge is 2.31. The Morgan fingerprint density at radius 3 is 2.75 bits per heavy atom. The summed E-state index contributed by atoms with van der Waals surface area (Å²) in [7, 11) is 0. The molecule has 82 valence electrons. The van der Waals surface area contributed by atoms with Gasteiger partial charge in [0.1, 0.15) is 5.82 Å². The van der Waals surface area contributed by atoms with Crippen LogP contribution >= 0.6 is 0 Å². The van der Waals surface area contributed by atoms with Gasteiger partial charge in [0.25, 0.3) is 5.56 Å². The molecule has 1 aromatic carbocycles. The van der Waals surface area contributed by atoms with Gasteiger partial charge in [-0.25, -0.2) is 4.39 Å². The maximum atomic E-state index is 13.7. The lowest BCUT2D eigenvalue weighted by atomic mass is 10.0. The Morgan fingerprint density at radius 1 is 1.31 bits per heavy atom. The molecule has 2 aromatic rings. The van der Waals surface area contributed by atoms with Crippen LogP contribution in [0.4, 0.5) is 4.39 Å². The van der Waals surface area contributed by atoms with Crippen molar-refractivity contribution in [2.24, 2.45) is 5.73 Å². The summed E-state index contributed by atoms with van der Waals surface area (Å²) in [6.45, 7) is 1.84. The lowest BCUT2D eigenvalue weighted by Gasteiger charge is -2.12. The van der Waals surface area contributed by atoms with E-state index in [1.54, 1.807) is 16.7 Å². The van der Waals surface area contributed by atoms with Crippen molar-refractivity contribution in [3.05, 3.63) is 46.0 Å². The molecule has 0 unspecified atom stereocenters. The van der Waals surface area contributed by atoms with Crippen LogP contribution in [0.2, 0.25) is 0 Å². The Labute approximate surface area is 91.3 Å². The van der Waals surface area contributed by atoms with Gasteiger partial charge in [0.15, 0.2) is 0 Å². The van der Waals surface area contributed by atoms with Gasteiger partial charge in [0.2, 0.25) is 0 Å². The molecule has 0 bridgehead atoms. The molecule has 1 aliphatic rings. The maximum absolute atomic E-state index is 13.7. The number of benzene rings is 1. The largest absolute Gasteiger partial charge is 0.322 e. The van der Waals surface area contributed by atoms with Gasteiger partial charge in [0.05, 0.1) is 17.6 Å². The fourth-order valence-corrected chi connectivity index (χ4v) is 2.48. The van der Waals surface area contributed by atoms with E-state index < -0.39 is 6.04 Å². The van der Waals surface area contributed by atoms with Crippen molar-refractivity contribution in [2.75, 3.05) is 0 Å². The number of nitrogens with zero attached hydrogens (tertiary/aromatic N) is 1. The molecule has 0 radical (unpaired) electrons. The summed E-state index contributed by atoms with van der Waals surface area (Å²) in [6.07, 6.45) is 0. The van der Waals surface area contributed by atoms with Gasteiger partial charge in [-0.1, -0.05) is 0 Å². The molecule has 0 amide bonds. The SMILES string of the molecule is C[C@H]1[C@H](N)c2c(F)ccc3ccc(=O)n1c23. The van der Waals surface area contributed by atoms with Crippen molar-refractivity contribution in [2.45, 2.75) is 19.0 Å². The first-order chi connectivity index (χ1) is 7.61. The maximum Gasteiger partial charge on any atom is 0.251 e. The molecule has 16 heavy (non-hydrogen) atoms. The normalized spacial score (nSPS) is 22.9. The summed E-state index contributed by atoms with van der Waals surface area (Å²) >= 11 is 0. The van der Waals surface area contributed by atoms with Crippen LogP contribution in [0.15, 0.2) is 29.1 Å². The van der Waals surface area contributed by atoms with E-state index in [1.165, 1.54) is 12.1 Å². The first kappa shape index (κ1) is 9.54. The van der Waals surface area contributed by atoms with E-state index in [2.05, 4.69) is 0 Å². The van der Waals surface area contributed by atoms with Crippen molar-refractivity contribution >= 4 is 10.9 Å². The summed E-state index contributed by atoms with van der Waals surface area (Å²) in [5.41, 5.74) is 6.94. The van der Waals surface area contributed by atoms with E-state index in [0.29, 0.717) is 11.1 Å². The standard InChI is InChI=1S/C12H11FN2O/c1-6-11(14)10-8(13)4-2-7-3-5-9(16)15(6)12(7)10/h2-6,11H,14H2,1H3/t6-,11-/m0/s1. The summed E-state index contributed by atoms with van der Waals surface area (Å²) in [4.78, 5) is 11.7. The third-order valence-corrected chi connectivity index (χ3v) is 3.34. The molecule has 2 atom stereocenters. The molecule has 0 aliphatic carbocycles. The van der Waals surface area contributed by atoms with Gasteiger partial charge < -0.3 is 10.3 Å². The predicted octanol–water partition coefficient (Wildman–Crippen LogP) is 1.72. The molecule has 0 fully saturated rings. The average Bonchev–Trinajstić information content (AvgIpc) is 2.53. The monoisotopic (exact) mass is 218 g/mol. The molecule has 2 N–H and O–H groups in total. The van der Waals surface area contributed by atoms with Crippen LogP contribution in [0.3, 0.4) is 0 Å². The summed E-state index contributed by atoms with van der Waals surface area (Å²) in [5, 5.41) is 0.857. The van der Waals surface area contributed by atoms with Crippen molar-refractivity contribution in [1.29, 1.82) is 0 Å². The van der Waals surface area contributed by atoms with Gasteiger partial charge in [-0.15, -0.1) is 0 Å². The van der Waals surface area contributed by atoms with Crippen molar-refractivity contribution < 1.29 is 4.39 Å². The van der Waals surface area contributed by atoms with Gasteiger partial charge in [-0.05, 0) is 30.5 Å². The minimum absolute atomic E-state index is 0.125. The van der Waals surface area contributed by atoms with E-state index in [-0.39, 0.29) is 17.4 Å². The van der Waals surface area contributed by atoms with Crippen LogP contribution in [0.1, 0.15) is 24.6 Å². The number of pyridine rings is 1. The van der Waals surface area contributed by atoms with E-state index in [4.69, 9.17) is 5.73 Å². The van der Waals surface area contributed by atoms with Crippen LogP contribution in [0.5, 0.6) is 0 Å². The molecule has 1 aliphatic heterocycles. The van der Waals surface area contributed by atoms with Crippen LogP contribution in [0, 0.1) is 5.82 Å². The van der Waals surface area contributed by atoms with E-state index in [1.807, 2.05) is 6.92 Å². The van der Waals surface area contributed by atoms with Gasteiger partial charge in [-0.2, -0.15) is 0 Å². The number of halogens is 1. The van der Waals surface area contributed by atoms with Gasteiger partial charge in [0, 0.05) is 11.6 Å². The summed E-state index contributed by atoms with van der Waals surface area (Å²) < 4.78 is 15.3. The number of nitrogens with two attached hydrogens (primary N) is 1. The minimum atomic E-state index is -0.446. The summed E-state index contributed by atoms with van der Waals surface area (Å²) in [6, 6.07) is 5.65. The molecule has 3 nitrogen and oxygen atoms in total. The molecule has 0 saturated heterocycles. The number of rotatable bonds is 0. The highest BCUT2D eigenvalue weighted by molar-refractivity contribution is 5.84. The van der Waals surface area contributed by atoms with E-state index in [9.17, 15) is 9.18 Å².